The summed E-state index contributed by atoms with van der Waals surface area (Å²) < 4.78 is 1.83. The third kappa shape index (κ3) is 3.70. The molecule has 0 aliphatic carbocycles. The third-order valence-corrected chi connectivity index (χ3v) is 3.75. The highest BCUT2D eigenvalue weighted by Crippen LogP contribution is 2.20. The Kier molecular flexibility index (Phi) is 4.75. The summed E-state index contributed by atoms with van der Waals surface area (Å²) in [5.74, 6) is -1.16. The number of rotatable bonds is 6. The predicted octanol–water partition coefficient (Wildman–Crippen LogP) is 2.59. The molecule has 0 saturated carbocycles. The van der Waals surface area contributed by atoms with Crippen LogP contribution in [-0.4, -0.2) is 39.3 Å². The van der Waals surface area contributed by atoms with E-state index >= 15 is 0 Å². The maximum absolute atomic E-state index is 10.9. The molecule has 2 rings (SSSR count). The van der Waals surface area contributed by atoms with Crippen molar-refractivity contribution in [2.45, 2.75) is 19.9 Å². The predicted molar refractivity (Wildman–Crippen MR) is 81.4 cm³/mol. The van der Waals surface area contributed by atoms with Crippen molar-refractivity contribution in [3.63, 3.8) is 0 Å². The van der Waals surface area contributed by atoms with Crippen molar-refractivity contribution in [3.8, 4) is 5.69 Å². The number of nitrogens with zero attached hydrogens (tertiary/aromatic N) is 3. The highest BCUT2D eigenvalue weighted by molar-refractivity contribution is 5.69. The van der Waals surface area contributed by atoms with Crippen LogP contribution in [-0.2, 0) is 4.79 Å². The van der Waals surface area contributed by atoms with Crippen LogP contribution in [0.4, 0.5) is 0 Å². The minimum atomic E-state index is -0.769. The Hall–Kier alpha value is -2.14. The van der Waals surface area contributed by atoms with Crippen molar-refractivity contribution in [1.29, 1.82) is 0 Å². The van der Waals surface area contributed by atoms with Gasteiger partial charge in [-0.2, -0.15) is 5.10 Å². The van der Waals surface area contributed by atoms with E-state index in [2.05, 4.69) is 12.0 Å². The van der Waals surface area contributed by atoms with E-state index in [0.717, 1.165) is 11.3 Å². The van der Waals surface area contributed by atoms with E-state index in [0.29, 0.717) is 6.54 Å². The molecule has 1 heterocycles. The highest BCUT2D eigenvalue weighted by atomic mass is 16.4. The first-order valence-corrected chi connectivity index (χ1v) is 7.02. The Bertz CT molecular complexity index is 595. The lowest BCUT2D eigenvalue weighted by Crippen LogP contribution is -2.30. The maximum atomic E-state index is 10.9. The number of aliphatic carboxylic acids is 1. The number of hydrogen-bond acceptors (Lipinski definition) is 3. The minimum Gasteiger partial charge on any atom is -0.481 e. The topological polar surface area (TPSA) is 58.4 Å². The maximum Gasteiger partial charge on any atom is 0.307 e. The summed E-state index contributed by atoms with van der Waals surface area (Å²) in [6.07, 6.45) is 3.82. The van der Waals surface area contributed by atoms with Gasteiger partial charge in [0.1, 0.15) is 0 Å². The van der Waals surface area contributed by atoms with E-state index < -0.39 is 5.97 Å². The molecule has 21 heavy (non-hydrogen) atoms. The molecule has 2 atom stereocenters. The first kappa shape index (κ1) is 15.3. The lowest BCUT2D eigenvalue weighted by Gasteiger charge is -2.25. The number of benzene rings is 1. The molecule has 1 aromatic carbocycles. The molecule has 0 saturated heterocycles. The molecule has 5 nitrogen and oxygen atoms in total. The summed E-state index contributed by atoms with van der Waals surface area (Å²) >= 11 is 0. The highest BCUT2D eigenvalue weighted by Gasteiger charge is 2.19. The molecular weight excluding hydrogens is 266 g/mol. The summed E-state index contributed by atoms with van der Waals surface area (Å²) in [6, 6.07) is 10.0. The average Bonchev–Trinajstić information content (AvgIpc) is 2.96. The van der Waals surface area contributed by atoms with Crippen LogP contribution in [0.2, 0.25) is 0 Å². The van der Waals surface area contributed by atoms with Crippen LogP contribution in [0.5, 0.6) is 0 Å². The Morgan fingerprint density at radius 2 is 2.00 bits per heavy atom. The van der Waals surface area contributed by atoms with Crippen molar-refractivity contribution in [2.75, 3.05) is 13.6 Å². The van der Waals surface area contributed by atoms with Crippen LogP contribution < -0.4 is 0 Å². The number of carbonyl (C=O) groups is 1. The van der Waals surface area contributed by atoms with Gasteiger partial charge in [-0.05, 0) is 26.1 Å². The summed E-state index contributed by atoms with van der Waals surface area (Å²) in [5, 5.41) is 13.4. The largest absolute Gasteiger partial charge is 0.481 e. The van der Waals surface area contributed by atoms with Crippen LogP contribution in [0.3, 0.4) is 0 Å². The Morgan fingerprint density at radius 3 is 2.62 bits per heavy atom. The van der Waals surface area contributed by atoms with Crippen LogP contribution in [0.25, 0.3) is 5.69 Å². The molecule has 0 aliphatic heterocycles. The zero-order chi connectivity index (χ0) is 15.4. The quantitative estimate of drug-likeness (QED) is 0.887. The summed E-state index contributed by atoms with van der Waals surface area (Å²) in [4.78, 5) is 13.0. The van der Waals surface area contributed by atoms with Gasteiger partial charge in [-0.15, -0.1) is 0 Å². The van der Waals surface area contributed by atoms with Crippen LogP contribution in [0.1, 0.15) is 25.5 Å². The fraction of sp³-hybridized carbons (Fsp3) is 0.375. The minimum absolute atomic E-state index is 0.115. The average molecular weight is 287 g/mol. The zero-order valence-corrected chi connectivity index (χ0v) is 12.6. The van der Waals surface area contributed by atoms with Crippen LogP contribution in [0, 0.1) is 5.92 Å². The SMILES string of the molecule is CC(CN(C)C(C)c1cnn(-c2ccccc2)c1)C(=O)O. The number of carboxylic acid groups (broad SMARTS) is 1. The second-order valence-corrected chi connectivity index (χ2v) is 5.41. The molecule has 0 aliphatic rings. The molecule has 5 heteroatoms. The fourth-order valence-corrected chi connectivity index (χ4v) is 2.20. The van der Waals surface area contributed by atoms with E-state index in [9.17, 15) is 4.79 Å². The monoisotopic (exact) mass is 287 g/mol. The van der Waals surface area contributed by atoms with Gasteiger partial charge in [-0.1, -0.05) is 25.1 Å². The number of para-hydroxylation sites is 1. The van der Waals surface area contributed by atoms with E-state index in [1.54, 1.807) is 6.92 Å². The first-order valence-electron chi connectivity index (χ1n) is 7.02. The van der Waals surface area contributed by atoms with Crippen molar-refractivity contribution >= 4 is 5.97 Å². The van der Waals surface area contributed by atoms with Crippen molar-refractivity contribution in [1.82, 2.24) is 14.7 Å². The van der Waals surface area contributed by atoms with E-state index in [1.165, 1.54) is 0 Å². The smallest absolute Gasteiger partial charge is 0.307 e. The number of hydrogen-bond donors (Lipinski definition) is 1. The van der Waals surface area contributed by atoms with Crippen molar-refractivity contribution in [3.05, 3.63) is 48.3 Å². The molecule has 112 valence electrons. The van der Waals surface area contributed by atoms with Gasteiger partial charge < -0.3 is 5.11 Å². The van der Waals surface area contributed by atoms with E-state index in [1.807, 2.05) is 59.4 Å². The van der Waals surface area contributed by atoms with Gasteiger partial charge >= 0.3 is 5.97 Å². The fourth-order valence-electron chi connectivity index (χ4n) is 2.20. The molecule has 1 aromatic heterocycles. The van der Waals surface area contributed by atoms with Crippen LogP contribution in [0.15, 0.2) is 42.7 Å². The third-order valence-electron chi connectivity index (χ3n) is 3.75. The van der Waals surface area contributed by atoms with Crippen molar-refractivity contribution < 1.29 is 9.90 Å². The van der Waals surface area contributed by atoms with Gasteiger partial charge in [0, 0.05) is 24.3 Å². The van der Waals surface area contributed by atoms with Gasteiger partial charge in [-0.25, -0.2) is 4.68 Å². The lowest BCUT2D eigenvalue weighted by atomic mass is 10.1. The molecule has 2 aromatic rings. The standard InChI is InChI=1S/C16H21N3O2/c1-12(16(20)21)10-18(3)13(2)14-9-17-19(11-14)15-7-5-4-6-8-15/h4-9,11-13H,10H2,1-3H3,(H,20,21). The van der Waals surface area contributed by atoms with Crippen LogP contribution >= 0.6 is 0 Å². The lowest BCUT2D eigenvalue weighted by molar-refractivity contribution is -0.141. The summed E-state index contributed by atoms with van der Waals surface area (Å²) in [5.41, 5.74) is 2.08. The Balaban J connectivity index is 2.08. The zero-order valence-electron chi connectivity index (χ0n) is 12.6. The molecule has 0 bridgehead atoms. The summed E-state index contributed by atoms with van der Waals surface area (Å²) in [6.45, 7) is 4.28. The van der Waals surface area contributed by atoms with E-state index in [4.69, 9.17) is 5.11 Å². The van der Waals surface area contributed by atoms with Gasteiger partial charge in [0.05, 0.1) is 17.8 Å². The molecule has 2 unspecified atom stereocenters. The molecule has 0 radical (unpaired) electrons. The molecule has 0 fully saturated rings. The summed E-state index contributed by atoms with van der Waals surface area (Å²) in [7, 11) is 1.93. The van der Waals surface area contributed by atoms with Gasteiger partial charge in [0.15, 0.2) is 0 Å². The number of aromatic nitrogens is 2. The van der Waals surface area contributed by atoms with Crippen molar-refractivity contribution in [2.24, 2.45) is 5.92 Å². The van der Waals surface area contributed by atoms with Gasteiger partial charge in [-0.3, -0.25) is 9.69 Å². The first-order chi connectivity index (χ1) is 9.99. The van der Waals surface area contributed by atoms with Gasteiger partial charge in [0.25, 0.3) is 0 Å². The molecular formula is C16H21N3O2. The van der Waals surface area contributed by atoms with Gasteiger partial charge in [0.2, 0.25) is 0 Å². The Morgan fingerprint density at radius 1 is 1.33 bits per heavy atom. The normalized spacial score (nSPS) is 14.1. The Labute approximate surface area is 124 Å². The second kappa shape index (κ2) is 6.54. The molecule has 0 spiro atoms. The number of carboxylic acids is 1. The van der Waals surface area contributed by atoms with E-state index in [-0.39, 0.29) is 12.0 Å². The second-order valence-electron chi connectivity index (χ2n) is 5.41. The molecule has 1 N–H and O–H groups in total. The molecule has 0 amide bonds.